The summed E-state index contributed by atoms with van der Waals surface area (Å²) in [4.78, 5) is 32.5. The van der Waals surface area contributed by atoms with Crippen LogP contribution in [0.5, 0.6) is 0 Å². The van der Waals surface area contributed by atoms with Crippen molar-refractivity contribution < 1.29 is 29.3 Å². The highest BCUT2D eigenvalue weighted by atomic mass is 16.4. The van der Waals surface area contributed by atoms with Gasteiger partial charge >= 0.3 is 0 Å². The van der Waals surface area contributed by atoms with E-state index in [2.05, 4.69) is 4.98 Å². The standard InChI is InChI=1S/C31H32N2O6/c1-19-15-24-29(31(38)33(30(24)37)21-7-3-2-4-8-21)25(18-35)28(19)27(36)13-10-20(26-9-5-6-14-32-26)16-22-11-12-23(17-34)39-22/h2-9,11-12,14,16,24-25,27,29,34-36H,10,13,15,17-18H2,1H3/b20-16-/t24-,25+,27-,29-/m1/s1. The van der Waals surface area contributed by atoms with Crippen LogP contribution in [0.2, 0.25) is 0 Å². The number of imide groups is 1. The number of para-hydroxylation sites is 1. The summed E-state index contributed by atoms with van der Waals surface area (Å²) in [5.74, 6) is -1.51. The number of nitrogens with zero attached hydrogens (tertiary/aromatic N) is 2. The number of amides is 2. The smallest absolute Gasteiger partial charge is 0.238 e. The van der Waals surface area contributed by atoms with Crippen molar-refractivity contribution in [1.82, 2.24) is 4.98 Å². The van der Waals surface area contributed by atoms with E-state index in [0.717, 1.165) is 16.8 Å². The fraction of sp³-hybridized carbons (Fsp3) is 0.323. The molecular formula is C31H32N2O6. The molecule has 3 aromatic rings. The van der Waals surface area contributed by atoms with Gasteiger partial charge in [-0.05, 0) is 79.8 Å². The second-order valence-electron chi connectivity index (χ2n) is 10.1. The van der Waals surface area contributed by atoms with Gasteiger partial charge in [-0.25, -0.2) is 0 Å². The van der Waals surface area contributed by atoms with E-state index in [9.17, 15) is 24.9 Å². The van der Waals surface area contributed by atoms with E-state index in [1.54, 1.807) is 42.6 Å². The average Bonchev–Trinajstić information content (AvgIpc) is 3.52. The number of furan rings is 1. The Labute approximate surface area is 226 Å². The van der Waals surface area contributed by atoms with Crippen molar-refractivity contribution in [2.45, 2.75) is 38.9 Å². The summed E-state index contributed by atoms with van der Waals surface area (Å²) in [5.41, 5.74) is 3.56. The normalized spacial score (nSPS) is 22.4. The first-order valence-corrected chi connectivity index (χ1v) is 13.2. The molecule has 3 heterocycles. The van der Waals surface area contributed by atoms with E-state index in [1.165, 1.54) is 4.90 Å². The third-order valence-electron chi connectivity index (χ3n) is 7.73. The zero-order valence-corrected chi connectivity index (χ0v) is 21.7. The van der Waals surface area contributed by atoms with E-state index in [0.29, 0.717) is 42.0 Å². The molecule has 1 aliphatic heterocycles. The van der Waals surface area contributed by atoms with Gasteiger partial charge in [-0.2, -0.15) is 0 Å². The number of pyridine rings is 1. The number of rotatable bonds is 9. The van der Waals surface area contributed by atoms with Crippen LogP contribution < -0.4 is 4.90 Å². The molecule has 0 saturated carbocycles. The number of carbonyl (C=O) groups excluding carboxylic acids is 2. The number of carbonyl (C=O) groups is 2. The lowest BCUT2D eigenvalue weighted by atomic mass is 9.68. The monoisotopic (exact) mass is 528 g/mol. The van der Waals surface area contributed by atoms with Gasteiger partial charge < -0.3 is 19.7 Å². The molecule has 1 saturated heterocycles. The maximum atomic E-state index is 13.5. The van der Waals surface area contributed by atoms with Crippen LogP contribution in [0.15, 0.2) is 82.4 Å². The summed E-state index contributed by atoms with van der Waals surface area (Å²) in [6.45, 7) is 1.33. The van der Waals surface area contributed by atoms with Crippen LogP contribution in [0.3, 0.4) is 0 Å². The van der Waals surface area contributed by atoms with Crippen molar-refractivity contribution in [3.63, 3.8) is 0 Å². The van der Waals surface area contributed by atoms with Crippen LogP contribution in [0.1, 0.15) is 43.4 Å². The van der Waals surface area contributed by atoms with Gasteiger partial charge in [0.1, 0.15) is 18.1 Å². The zero-order valence-electron chi connectivity index (χ0n) is 21.7. The molecule has 8 nitrogen and oxygen atoms in total. The second-order valence-corrected chi connectivity index (χ2v) is 10.1. The summed E-state index contributed by atoms with van der Waals surface area (Å²) < 4.78 is 5.64. The number of fused-ring (bicyclic) bond motifs is 1. The molecule has 5 rings (SSSR count). The van der Waals surface area contributed by atoms with E-state index in [-0.39, 0.29) is 25.0 Å². The zero-order chi connectivity index (χ0) is 27.5. The molecule has 1 aliphatic carbocycles. The van der Waals surface area contributed by atoms with Crippen molar-refractivity contribution in [3.8, 4) is 0 Å². The number of anilines is 1. The molecule has 0 unspecified atom stereocenters. The van der Waals surface area contributed by atoms with Gasteiger partial charge in [0.25, 0.3) is 0 Å². The topological polar surface area (TPSA) is 124 Å². The predicted molar refractivity (Wildman–Crippen MR) is 146 cm³/mol. The Morgan fingerprint density at radius 3 is 2.51 bits per heavy atom. The van der Waals surface area contributed by atoms with Crippen LogP contribution >= 0.6 is 0 Å². The lowest BCUT2D eigenvalue weighted by molar-refractivity contribution is -0.123. The molecule has 3 N–H and O–H groups in total. The molecule has 202 valence electrons. The maximum absolute atomic E-state index is 13.5. The van der Waals surface area contributed by atoms with Gasteiger partial charge in [0, 0.05) is 12.1 Å². The van der Waals surface area contributed by atoms with Crippen LogP contribution in [-0.2, 0) is 16.2 Å². The third-order valence-corrected chi connectivity index (χ3v) is 7.73. The van der Waals surface area contributed by atoms with Gasteiger partial charge in [-0.1, -0.05) is 29.8 Å². The summed E-state index contributed by atoms with van der Waals surface area (Å²) in [6.07, 6.45) is 3.74. The number of hydrogen-bond acceptors (Lipinski definition) is 7. The van der Waals surface area contributed by atoms with Crippen molar-refractivity contribution in [3.05, 3.63) is 95.2 Å². The fourth-order valence-electron chi connectivity index (χ4n) is 5.95. The Morgan fingerprint density at radius 2 is 1.85 bits per heavy atom. The highest BCUT2D eigenvalue weighted by molar-refractivity contribution is 6.22. The highest BCUT2D eigenvalue weighted by Crippen LogP contribution is 2.47. The Bertz CT molecular complexity index is 1390. The van der Waals surface area contributed by atoms with Crippen molar-refractivity contribution in [1.29, 1.82) is 0 Å². The van der Waals surface area contributed by atoms with Crippen molar-refractivity contribution >= 4 is 29.2 Å². The van der Waals surface area contributed by atoms with E-state index < -0.39 is 23.9 Å². The SMILES string of the molecule is CC1=C([C@H](O)CC/C(=C/c2ccc(CO)o2)c2ccccn2)[C@H](CO)[C@@H]2C(=O)N(c3ccccc3)C(=O)[C@@H]2C1. The number of hydrogen-bond donors (Lipinski definition) is 3. The third kappa shape index (κ3) is 5.23. The van der Waals surface area contributed by atoms with Crippen molar-refractivity contribution in [2.24, 2.45) is 17.8 Å². The quantitative estimate of drug-likeness (QED) is 0.283. The van der Waals surface area contributed by atoms with Gasteiger partial charge in [0.2, 0.25) is 11.8 Å². The van der Waals surface area contributed by atoms with Crippen LogP contribution in [0, 0.1) is 17.8 Å². The maximum Gasteiger partial charge on any atom is 0.238 e. The first-order chi connectivity index (χ1) is 18.9. The van der Waals surface area contributed by atoms with Gasteiger partial charge in [0.15, 0.2) is 0 Å². The minimum Gasteiger partial charge on any atom is -0.459 e. The molecule has 2 amide bonds. The second kappa shape index (κ2) is 11.5. The van der Waals surface area contributed by atoms with E-state index >= 15 is 0 Å². The van der Waals surface area contributed by atoms with E-state index in [1.807, 2.05) is 37.3 Å². The van der Waals surface area contributed by atoms with Crippen LogP contribution in [-0.4, -0.2) is 44.8 Å². The summed E-state index contributed by atoms with van der Waals surface area (Å²) in [7, 11) is 0. The first-order valence-electron chi connectivity index (χ1n) is 13.2. The summed E-state index contributed by atoms with van der Waals surface area (Å²) in [6, 6.07) is 17.9. The Kier molecular flexibility index (Phi) is 7.88. The lowest BCUT2D eigenvalue weighted by Gasteiger charge is -2.35. The minimum absolute atomic E-state index is 0.202. The summed E-state index contributed by atoms with van der Waals surface area (Å²) in [5, 5.41) is 31.2. The Morgan fingerprint density at radius 1 is 1.08 bits per heavy atom. The highest BCUT2D eigenvalue weighted by Gasteiger charge is 2.54. The Hall–Kier alpha value is -3.85. The number of aliphatic hydroxyl groups is 3. The lowest BCUT2D eigenvalue weighted by Crippen LogP contribution is -2.38. The number of aromatic nitrogens is 1. The Balaban J connectivity index is 1.39. The average molecular weight is 529 g/mol. The van der Waals surface area contributed by atoms with Gasteiger partial charge in [-0.3, -0.25) is 19.5 Å². The fourth-order valence-corrected chi connectivity index (χ4v) is 5.95. The van der Waals surface area contributed by atoms with Gasteiger partial charge in [0.05, 0.1) is 35.9 Å². The van der Waals surface area contributed by atoms with Gasteiger partial charge in [-0.15, -0.1) is 0 Å². The first kappa shape index (κ1) is 26.7. The molecule has 0 spiro atoms. The molecule has 1 aromatic carbocycles. The van der Waals surface area contributed by atoms with Crippen molar-refractivity contribution in [2.75, 3.05) is 11.5 Å². The number of allylic oxidation sites excluding steroid dienone is 2. The molecular weight excluding hydrogens is 496 g/mol. The number of aliphatic hydroxyl groups excluding tert-OH is 3. The van der Waals surface area contributed by atoms with Crippen LogP contribution in [0.25, 0.3) is 11.6 Å². The minimum atomic E-state index is -0.923. The van der Waals surface area contributed by atoms with Crippen LogP contribution in [0.4, 0.5) is 5.69 Å². The molecule has 0 bridgehead atoms. The predicted octanol–water partition coefficient (Wildman–Crippen LogP) is 3.98. The van der Waals surface area contributed by atoms with E-state index in [4.69, 9.17) is 4.42 Å². The molecule has 1 fully saturated rings. The molecule has 2 aromatic heterocycles. The molecule has 39 heavy (non-hydrogen) atoms. The molecule has 4 atom stereocenters. The number of benzene rings is 1. The summed E-state index contributed by atoms with van der Waals surface area (Å²) >= 11 is 0. The molecule has 2 aliphatic rings. The molecule has 0 radical (unpaired) electrons. The largest absolute Gasteiger partial charge is 0.459 e. The molecule has 8 heteroatoms.